The van der Waals surface area contributed by atoms with Crippen molar-refractivity contribution >= 4 is 0 Å². The molecule has 1 aromatic rings. The lowest BCUT2D eigenvalue weighted by molar-refractivity contribution is -0.0412. The van der Waals surface area contributed by atoms with Crippen molar-refractivity contribution in [1.82, 2.24) is 10.2 Å². The summed E-state index contributed by atoms with van der Waals surface area (Å²) in [5.41, 5.74) is 1.31. The zero-order valence-corrected chi connectivity index (χ0v) is 11.9. The highest BCUT2D eigenvalue weighted by atomic mass is 16.5. The van der Waals surface area contributed by atoms with Gasteiger partial charge in [-0.1, -0.05) is 13.8 Å². The van der Waals surface area contributed by atoms with E-state index in [9.17, 15) is 0 Å². The van der Waals surface area contributed by atoms with Crippen molar-refractivity contribution in [3.8, 4) is 0 Å². The molecule has 2 atom stereocenters. The number of likely N-dealkylation sites (tertiary alicyclic amines) is 1. The van der Waals surface area contributed by atoms with Crippen LogP contribution in [0.25, 0.3) is 0 Å². The van der Waals surface area contributed by atoms with Crippen LogP contribution in [0.3, 0.4) is 0 Å². The Hall–Kier alpha value is -0.840. The van der Waals surface area contributed by atoms with E-state index in [-0.39, 0.29) is 0 Å². The summed E-state index contributed by atoms with van der Waals surface area (Å²) in [5, 5.41) is 3.42. The number of morpholine rings is 1. The van der Waals surface area contributed by atoms with E-state index in [0.717, 1.165) is 31.9 Å². The van der Waals surface area contributed by atoms with Crippen LogP contribution in [0.4, 0.5) is 0 Å². The Balaban J connectivity index is 1.59. The van der Waals surface area contributed by atoms with Gasteiger partial charge in [0.25, 0.3) is 0 Å². The number of hydrogen-bond donors (Lipinski definition) is 1. The Morgan fingerprint density at radius 3 is 2.74 bits per heavy atom. The Labute approximate surface area is 115 Å². The number of rotatable bonds is 5. The Kier molecular flexibility index (Phi) is 3.91. The summed E-state index contributed by atoms with van der Waals surface area (Å²) in [7, 11) is 0. The summed E-state index contributed by atoms with van der Waals surface area (Å²) in [6.45, 7) is 8.25. The number of nitrogens with one attached hydrogen (secondary N) is 1. The highest BCUT2D eigenvalue weighted by molar-refractivity contribution is 5.17. The monoisotopic (exact) mass is 264 g/mol. The van der Waals surface area contributed by atoms with E-state index >= 15 is 0 Å². The fourth-order valence-corrected chi connectivity index (χ4v) is 3.03. The molecule has 2 aliphatic heterocycles. The molecule has 2 bridgehead atoms. The molecule has 0 aliphatic carbocycles. The quantitative estimate of drug-likeness (QED) is 0.884. The summed E-state index contributed by atoms with van der Waals surface area (Å²) in [6.07, 6.45) is 5.19. The molecule has 4 nitrogen and oxygen atoms in total. The van der Waals surface area contributed by atoms with Gasteiger partial charge in [0.15, 0.2) is 0 Å². The smallest absolute Gasteiger partial charge is 0.122 e. The normalized spacial score (nSPS) is 27.3. The summed E-state index contributed by atoms with van der Waals surface area (Å²) >= 11 is 0. The van der Waals surface area contributed by atoms with Crippen LogP contribution in [0, 0.1) is 0 Å². The predicted molar refractivity (Wildman–Crippen MR) is 73.9 cm³/mol. The maximum Gasteiger partial charge on any atom is 0.122 e. The van der Waals surface area contributed by atoms with Gasteiger partial charge in [0.05, 0.1) is 25.0 Å². The van der Waals surface area contributed by atoms with Gasteiger partial charge in [0, 0.05) is 31.2 Å². The first-order valence-corrected chi connectivity index (χ1v) is 7.37. The molecule has 0 spiro atoms. The van der Waals surface area contributed by atoms with Gasteiger partial charge in [0.1, 0.15) is 5.76 Å². The number of furan rings is 1. The van der Waals surface area contributed by atoms with Crippen molar-refractivity contribution in [1.29, 1.82) is 0 Å². The van der Waals surface area contributed by atoms with Crippen LogP contribution in [0.5, 0.6) is 0 Å². The highest BCUT2D eigenvalue weighted by Gasteiger charge is 2.33. The lowest BCUT2D eigenvalue weighted by Gasteiger charge is -2.31. The van der Waals surface area contributed by atoms with Gasteiger partial charge in [-0.3, -0.25) is 4.90 Å². The molecule has 19 heavy (non-hydrogen) atoms. The van der Waals surface area contributed by atoms with Crippen molar-refractivity contribution in [2.24, 2.45) is 0 Å². The number of fused-ring (bicyclic) bond motifs is 2. The van der Waals surface area contributed by atoms with Crippen LogP contribution in [0.15, 0.2) is 16.7 Å². The van der Waals surface area contributed by atoms with Gasteiger partial charge >= 0.3 is 0 Å². The van der Waals surface area contributed by atoms with E-state index in [4.69, 9.17) is 9.15 Å². The summed E-state index contributed by atoms with van der Waals surface area (Å²) in [5.74, 6) is 1.08. The van der Waals surface area contributed by atoms with Crippen molar-refractivity contribution in [2.45, 2.75) is 58.0 Å². The molecular weight excluding hydrogens is 240 g/mol. The van der Waals surface area contributed by atoms with Crippen LogP contribution in [-0.4, -0.2) is 36.2 Å². The van der Waals surface area contributed by atoms with Gasteiger partial charge in [-0.15, -0.1) is 0 Å². The third kappa shape index (κ3) is 3.19. The van der Waals surface area contributed by atoms with Gasteiger partial charge in [-0.05, 0) is 18.9 Å². The van der Waals surface area contributed by atoms with Crippen LogP contribution in [-0.2, 0) is 17.8 Å². The molecule has 1 aromatic heterocycles. The molecule has 0 aromatic carbocycles. The van der Waals surface area contributed by atoms with Crippen LogP contribution < -0.4 is 5.32 Å². The molecule has 4 heteroatoms. The first-order chi connectivity index (χ1) is 9.20. The van der Waals surface area contributed by atoms with E-state index in [1.165, 1.54) is 18.4 Å². The molecule has 2 unspecified atom stereocenters. The minimum atomic E-state index is 0.461. The van der Waals surface area contributed by atoms with Crippen molar-refractivity contribution in [2.75, 3.05) is 13.1 Å². The minimum Gasteiger partial charge on any atom is -0.468 e. The topological polar surface area (TPSA) is 37.6 Å². The van der Waals surface area contributed by atoms with E-state index < -0.39 is 0 Å². The average molecular weight is 264 g/mol. The van der Waals surface area contributed by atoms with Gasteiger partial charge < -0.3 is 14.5 Å². The summed E-state index contributed by atoms with van der Waals surface area (Å²) in [4.78, 5) is 2.51. The molecule has 1 N–H and O–H groups in total. The van der Waals surface area contributed by atoms with Crippen LogP contribution in [0.1, 0.15) is 38.0 Å². The highest BCUT2D eigenvalue weighted by Crippen LogP contribution is 2.27. The molecule has 2 saturated heterocycles. The first-order valence-electron chi connectivity index (χ1n) is 7.37. The van der Waals surface area contributed by atoms with E-state index in [2.05, 4.69) is 30.1 Å². The summed E-state index contributed by atoms with van der Waals surface area (Å²) in [6, 6.07) is 2.59. The second-order valence-electron chi connectivity index (χ2n) is 6.06. The number of hydrogen-bond acceptors (Lipinski definition) is 4. The van der Waals surface area contributed by atoms with Crippen LogP contribution >= 0.6 is 0 Å². The second kappa shape index (κ2) is 5.65. The number of ether oxygens (including phenoxy) is 1. The largest absolute Gasteiger partial charge is 0.468 e. The second-order valence-corrected chi connectivity index (χ2v) is 6.06. The molecule has 3 rings (SSSR count). The molecule has 3 heterocycles. The minimum absolute atomic E-state index is 0.461. The SMILES string of the molecule is CC(C)NCc1occc1CN1CC2CCC(C1)O2. The molecule has 0 amide bonds. The van der Waals surface area contributed by atoms with E-state index in [1.54, 1.807) is 0 Å². The lowest BCUT2D eigenvalue weighted by Crippen LogP contribution is -2.42. The molecule has 2 aliphatic rings. The molecule has 0 radical (unpaired) electrons. The zero-order valence-electron chi connectivity index (χ0n) is 11.9. The lowest BCUT2D eigenvalue weighted by atomic mass is 10.2. The average Bonchev–Trinajstić information content (AvgIpc) is 2.94. The van der Waals surface area contributed by atoms with E-state index in [0.29, 0.717) is 18.2 Å². The molecule has 106 valence electrons. The fraction of sp³-hybridized carbons (Fsp3) is 0.733. The predicted octanol–water partition coefficient (Wildman–Crippen LogP) is 2.14. The van der Waals surface area contributed by atoms with Gasteiger partial charge in [-0.2, -0.15) is 0 Å². The van der Waals surface area contributed by atoms with Gasteiger partial charge in [-0.25, -0.2) is 0 Å². The maximum atomic E-state index is 5.88. The molecular formula is C15H24N2O2. The van der Waals surface area contributed by atoms with Crippen molar-refractivity contribution < 1.29 is 9.15 Å². The third-order valence-electron chi connectivity index (χ3n) is 4.02. The Morgan fingerprint density at radius 2 is 2.05 bits per heavy atom. The van der Waals surface area contributed by atoms with Crippen molar-refractivity contribution in [3.05, 3.63) is 23.7 Å². The van der Waals surface area contributed by atoms with Crippen LogP contribution in [0.2, 0.25) is 0 Å². The molecule has 0 saturated carbocycles. The Morgan fingerprint density at radius 1 is 1.32 bits per heavy atom. The van der Waals surface area contributed by atoms with E-state index in [1.807, 2.05) is 6.26 Å². The first kappa shape index (κ1) is 13.2. The zero-order chi connectivity index (χ0) is 13.2. The fourth-order valence-electron chi connectivity index (χ4n) is 3.03. The molecule has 2 fully saturated rings. The maximum absolute atomic E-state index is 5.88. The Bertz CT molecular complexity index is 404. The number of nitrogens with zero attached hydrogens (tertiary/aromatic N) is 1. The summed E-state index contributed by atoms with van der Waals surface area (Å²) < 4.78 is 11.5. The third-order valence-corrected chi connectivity index (χ3v) is 4.02. The standard InChI is InChI=1S/C15H24N2O2/c1-11(2)16-7-15-12(5-6-18-15)8-17-9-13-3-4-14(10-17)19-13/h5-6,11,13-14,16H,3-4,7-10H2,1-2H3. The van der Waals surface area contributed by atoms with Crippen molar-refractivity contribution in [3.63, 3.8) is 0 Å². The van der Waals surface area contributed by atoms with Gasteiger partial charge in [0.2, 0.25) is 0 Å².